The van der Waals surface area contributed by atoms with Gasteiger partial charge in [0, 0.05) is 18.0 Å². The lowest BCUT2D eigenvalue weighted by Gasteiger charge is -2.37. The molecular weight excluding hydrogens is 437 g/mol. The van der Waals surface area contributed by atoms with Gasteiger partial charge in [0.25, 0.3) is 0 Å². The van der Waals surface area contributed by atoms with Crippen molar-refractivity contribution in [1.82, 2.24) is 5.32 Å². The van der Waals surface area contributed by atoms with Crippen molar-refractivity contribution in [3.05, 3.63) is 119 Å². The Balaban J connectivity index is 1.44. The number of nitrogens with one attached hydrogen (secondary N) is 1. The highest BCUT2D eigenvalue weighted by atomic mass is 19.1. The fraction of sp³-hybridized carbons (Fsp3) is 0.258. The molecule has 4 atom stereocenters. The van der Waals surface area contributed by atoms with Gasteiger partial charge in [-0.3, -0.25) is 0 Å². The van der Waals surface area contributed by atoms with Crippen LogP contribution in [0.5, 0.6) is 0 Å². The topological polar surface area (TPSA) is 49.3 Å². The van der Waals surface area contributed by atoms with Crippen molar-refractivity contribution >= 4 is 16.7 Å². The van der Waals surface area contributed by atoms with Gasteiger partial charge in [0.2, 0.25) is 0 Å². The van der Waals surface area contributed by atoms with Crippen LogP contribution in [-0.4, -0.2) is 17.1 Å². The van der Waals surface area contributed by atoms with Crippen LogP contribution in [0.25, 0.3) is 10.8 Å². The molecule has 0 saturated carbocycles. The van der Waals surface area contributed by atoms with Crippen LogP contribution < -0.4 is 5.32 Å². The third-order valence-corrected chi connectivity index (χ3v) is 7.60. The molecule has 35 heavy (non-hydrogen) atoms. The Morgan fingerprint density at radius 3 is 2.43 bits per heavy atom. The summed E-state index contributed by atoms with van der Waals surface area (Å²) in [6, 6.07) is 28.1. The quantitative estimate of drug-likeness (QED) is 0.318. The second-order valence-electron chi connectivity index (χ2n) is 9.71. The van der Waals surface area contributed by atoms with E-state index in [0.717, 1.165) is 18.4 Å². The average Bonchev–Trinajstić information content (AvgIpc) is 2.87. The van der Waals surface area contributed by atoms with E-state index in [0.29, 0.717) is 5.56 Å². The molecule has 0 bridgehead atoms. The molecule has 0 heterocycles. The summed E-state index contributed by atoms with van der Waals surface area (Å²) in [4.78, 5) is 11.6. The van der Waals surface area contributed by atoms with Gasteiger partial charge >= 0.3 is 5.97 Å². The number of benzene rings is 4. The zero-order valence-electron chi connectivity index (χ0n) is 20.0. The molecule has 0 aromatic heterocycles. The molecule has 0 fully saturated rings. The molecule has 1 aliphatic carbocycles. The predicted octanol–water partition coefficient (Wildman–Crippen LogP) is 7.11. The van der Waals surface area contributed by atoms with Crippen molar-refractivity contribution in [3.63, 3.8) is 0 Å². The molecule has 4 aromatic rings. The van der Waals surface area contributed by atoms with E-state index in [9.17, 15) is 9.90 Å². The van der Waals surface area contributed by atoms with Gasteiger partial charge in [-0.1, -0.05) is 78.9 Å². The smallest absolute Gasteiger partial charge is 0.338 e. The van der Waals surface area contributed by atoms with Crippen LogP contribution in [-0.2, 0) is 6.42 Å². The number of fused-ring (bicyclic) bond motifs is 2. The standard InChI is InChI=1S/C31H30FNO2/c1-19(33-20(2)24-14-7-11-21-9-3-5-12-25(21)24)23-17-22-10-4-6-13-26(22)29(18-23)27-15-8-16-28(30(27)32)31(34)35/h3-16,19-20,23,29,33H,17-18H2,1-2H3,(H,34,35)/t19?,20-,23?,29?/m1/s1. The SMILES string of the molecule is CC(N[C@H](C)c1cccc2ccccc12)C1Cc2ccccc2C(c2cccc(C(=O)O)c2F)C1. The largest absolute Gasteiger partial charge is 0.478 e. The monoisotopic (exact) mass is 467 g/mol. The highest BCUT2D eigenvalue weighted by Gasteiger charge is 2.33. The van der Waals surface area contributed by atoms with E-state index in [1.807, 2.05) is 12.1 Å². The third kappa shape index (κ3) is 4.46. The Labute approximate surface area is 205 Å². The van der Waals surface area contributed by atoms with E-state index in [1.54, 1.807) is 12.1 Å². The molecule has 3 unspecified atom stereocenters. The van der Waals surface area contributed by atoms with Crippen LogP contribution >= 0.6 is 0 Å². The molecule has 178 valence electrons. The number of hydrogen-bond acceptors (Lipinski definition) is 2. The van der Waals surface area contributed by atoms with E-state index >= 15 is 4.39 Å². The summed E-state index contributed by atoms with van der Waals surface area (Å²) in [6.45, 7) is 4.41. The first-order valence-corrected chi connectivity index (χ1v) is 12.3. The molecule has 2 N–H and O–H groups in total. The number of aromatic carboxylic acids is 1. The number of halogens is 1. The summed E-state index contributed by atoms with van der Waals surface area (Å²) in [5.74, 6) is -1.75. The highest BCUT2D eigenvalue weighted by molar-refractivity contribution is 5.88. The van der Waals surface area contributed by atoms with Gasteiger partial charge in [0.15, 0.2) is 0 Å². The number of carboxylic acids is 1. The van der Waals surface area contributed by atoms with Gasteiger partial charge in [-0.15, -0.1) is 0 Å². The molecule has 4 aromatic carbocycles. The maximum Gasteiger partial charge on any atom is 0.338 e. The Kier molecular flexibility index (Phi) is 6.40. The summed E-state index contributed by atoms with van der Waals surface area (Å²) in [5.41, 5.74) is 3.77. The molecule has 1 aliphatic rings. The Morgan fingerprint density at radius 2 is 1.60 bits per heavy atom. The maximum atomic E-state index is 15.3. The molecule has 0 amide bonds. The van der Waals surface area contributed by atoms with Crippen LogP contribution in [0.15, 0.2) is 84.9 Å². The predicted molar refractivity (Wildman–Crippen MR) is 138 cm³/mol. The van der Waals surface area contributed by atoms with Crippen molar-refractivity contribution in [2.45, 2.75) is 44.7 Å². The van der Waals surface area contributed by atoms with Crippen LogP contribution in [0.4, 0.5) is 4.39 Å². The Bertz CT molecular complexity index is 1380. The fourth-order valence-corrected chi connectivity index (χ4v) is 5.76. The Morgan fingerprint density at radius 1 is 0.914 bits per heavy atom. The molecule has 0 saturated heterocycles. The molecular formula is C31H30FNO2. The van der Waals surface area contributed by atoms with Gasteiger partial charge in [-0.2, -0.15) is 0 Å². The maximum absolute atomic E-state index is 15.3. The van der Waals surface area contributed by atoms with Crippen molar-refractivity contribution in [3.8, 4) is 0 Å². The lowest BCUT2D eigenvalue weighted by Crippen LogP contribution is -2.39. The van der Waals surface area contributed by atoms with Crippen LogP contribution in [0.3, 0.4) is 0 Å². The van der Waals surface area contributed by atoms with Crippen LogP contribution in [0.2, 0.25) is 0 Å². The minimum absolute atomic E-state index is 0.152. The van der Waals surface area contributed by atoms with Crippen molar-refractivity contribution in [1.29, 1.82) is 0 Å². The van der Waals surface area contributed by atoms with Gasteiger partial charge in [-0.25, -0.2) is 9.18 Å². The number of carbonyl (C=O) groups is 1. The average molecular weight is 468 g/mol. The third-order valence-electron chi connectivity index (χ3n) is 7.60. The van der Waals surface area contributed by atoms with Crippen LogP contribution in [0.1, 0.15) is 64.8 Å². The van der Waals surface area contributed by atoms with E-state index in [4.69, 9.17) is 0 Å². The number of rotatable bonds is 6. The molecule has 0 spiro atoms. The van der Waals surface area contributed by atoms with Gasteiger partial charge in [0.05, 0.1) is 5.56 Å². The first-order chi connectivity index (χ1) is 16.9. The Hall–Kier alpha value is -3.50. The van der Waals surface area contributed by atoms with E-state index in [-0.39, 0.29) is 29.5 Å². The van der Waals surface area contributed by atoms with Crippen molar-refractivity contribution in [2.75, 3.05) is 0 Å². The number of hydrogen-bond donors (Lipinski definition) is 2. The van der Waals surface area contributed by atoms with Crippen molar-refractivity contribution in [2.24, 2.45) is 5.92 Å². The summed E-state index contributed by atoms with van der Waals surface area (Å²) in [7, 11) is 0. The number of carboxylic acid groups (broad SMARTS) is 1. The van der Waals surface area contributed by atoms with Gasteiger partial charge < -0.3 is 10.4 Å². The van der Waals surface area contributed by atoms with Crippen molar-refractivity contribution < 1.29 is 14.3 Å². The zero-order valence-corrected chi connectivity index (χ0v) is 20.0. The van der Waals surface area contributed by atoms with E-state index < -0.39 is 11.8 Å². The summed E-state index contributed by atoms with van der Waals surface area (Å²) >= 11 is 0. The minimum atomic E-state index is -1.23. The second kappa shape index (κ2) is 9.63. The normalized spacial score (nSPS) is 19.2. The molecule has 0 radical (unpaired) electrons. The first kappa shape index (κ1) is 23.3. The van der Waals surface area contributed by atoms with Crippen LogP contribution in [0, 0.1) is 11.7 Å². The molecule has 4 heteroatoms. The first-order valence-electron chi connectivity index (χ1n) is 12.3. The lowest BCUT2D eigenvalue weighted by molar-refractivity contribution is 0.0691. The second-order valence-corrected chi connectivity index (χ2v) is 9.71. The summed E-state index contributed by atoms with van der Waals surface area (Å²) < 4.78 is 15.3. The summed E-state index contributed by atoms with van der Waals surface area (Å²) in [6.07, 6.45) is 1.66. The zero-order chi connectivity index (χ0) is 24.5. The molecule has 5 rings (SSSR count). The van der Waals surface area contributed by atoms with E-state index in [2.05, 4.69) is 73.8 Å². The van der Waals surface area contributed by atoms with E-state index in [1.165, 1.54) is 28.0 Å². The lowest BCUT2D eigenvalue weighted by atomic mass is 9.71. The summed E-state index contributed by atoms with van der Waals surface area (Å²) in [5, 5.41) is 15.8. The minimum Gasteiger partial charge on any atom is -0.478 e. The van der Waals surface area contributed by atoms with Gasteiger partial charge in [-0.05, 0) is 71.7 Å². The van der Waals surface area contributed by atoms with Gasteiger partial charge in [0.1, 0.15) is 5.82 Å². The molecule has 0 aliphatic heterocycles. The highest BCUT2D eigenvalue weighted by Crippen LogP contribution is 2.42. The fourth-order valence-electron chi connectivity index (χ4n) is 5.76. The molecule has 3 nitrogen and oxygen atoms in total.